The van der Waals surface area contributed by atoms with Crippen LogP contribution >= 0.6 is 0 Å². The van der Waals surface area contributed by atoms with Gasteiger partial charge in [0.25, 0.3) is 0 Å². The highest BCUT2D eigenvalue weighted by Crippen LogP contribution is 2.32. The van der Waals surface area contributed by atoms with Crippen molar-refractivity contribution in [2.75, 3.05) is 0 Å². The van der Waals surface area contributed by atoms with E-state index >= 15 is 0 Å². The molecule has 0 aliphatic heterocycles. The monoisotopic (exact) mass is 336 g/mol. The van der Waals surface area contributed by atoms with Crippen molar-refractivity contribution >= 4 is 27.9 Å². The van der Waals surface area contributed by atoms with E-state index in [0.29, 0.717) is 12.2 Å². The number of furan rings is 1. The predicted molar refractivity (Wildman–Crippen MR) is 96.9 cm³/mol. The van der Waals surface area contributed by atoms with Gasteiger partial charge in [0.2, 0.25) is 0 Å². The lowest BCUT2D eigenvalue weighted by molar-refractivity contribution is -0.145. The highest BCUT2D eigenvalue weighted by atomic mass is 16.5. The molecule has 3 aromatic rings. The predicted octanol–water partition coefficient (Wildman–Crippen LogP) is 5.31. The maximum absolute atomic E-state index is 11.6. The first-order valence-corrected chi connectivity index (χ1v) is 8.69. The van der Waals surface area contributed by atoms with E-state index in [4.69, 9.17) is 9.15 Å². The van der Waals surface area contributed by atoms with Gasteiger partial charge in [-0.1, -0.05) is 29.8 Å². The molecule has 1 N–H and O–H groups in total. The Bertz CT molecular complexity index is 951. The van der Waals surface area contributed by atoms with E-state index in [1.165, 1.54) is 12.0 Å². The number of benzene rings is 2. The van der Waals surface area contributed by atoms with Crippen LogP contribution in [0.1, 0.15) is 32.1 Å². The zero-order valence-corrected chi connectivity index (χ0v) is 13.9. The van der Waals surface area contributed by atoms with Crippen molar-refractivity contribution in [3.63, 3.8) is 0 Å². The minimum Gasteiger partial charge on any atom is -0.479 e. The second-order valence-electron chi connectivity index (χ2n) is 6.49. The van der Waals surface area contributed by atoms with Gasteiger partial charge in [-0.25, -0.2) is 4.79 Å². The zero-order chi connectivity index (χ0) is 17.2. The lowest BCUT2D eigenvalue weighted by Crippen LogP contribution is -2.27. The Balaban J connectivity index is 1.56. The van der Waals surface area contributed by atoms with E-state index in [9.17, 15) is 9.90 Å². The highest BCUT2D eigenvalue weighted by molar-refractivity contribution is 6.05. The molecule has 1 aromatic heterocycles. The summed E-state index contributed by atoms with van der Waals surface area (Å²) in [4.78, 5) is 11.6. The van der Waals surface area contributed by atoms with Gasteiger partial charge in [0.1, 0.15) is 16.9 Å². The van der Waals surface area contributed by atoms with E-state index in [0.717, 1.165) is 41.2 Å². The van der Waals surface area contributed by atoms with Crippen molar-refractivity contribution in [1.29, 1.82) is 0 Å². The van der Waals surface area contributed by atoms with Gasteiger partial charge >= 0.3 is 5.97 Å². The quantitative estimate of drug-likeness (QED) is 0.620. The third-order valence-electron chi connectivity index (χ3n) is 4.76. The van der Waals surface area contributed by atoms with E-state index in [1.54, 1.807) is 6.07 Å². The molecule has 0 saturated carbocycles. The number of fused-ring (bicyclic) bond motifs is 3. The molecule has 4 rings (SSSR count). The molecule has 0 saturated heterocycles. The van der Waals surface area contributed by atoms with Gasteiger partial charge in [-0.05, 0) is 56.4 Å². The van der Waals surface area contributed by atoms with Crippen LogP contribution in [0.25, 0.3) is 21.9 Å². The molecule has 0 bridgehead atoms. The summed E-state index contributed by atoms with van der Waals surface area (Å²) in [7, 11) is 0. The first-order valence-electron chi connectivity index (χ1n) is 8.69. The maximum atomic E-state index is 11.6. The average molecular weight is 336 g/mol. The van der Waals surface area contributed by atoms with Gasteiger partial charge in [-0.3, -0.25) is 0 Å². The lowest BCUT2D eigenvalue weighted by Gasteiger charge is -2.15. The summed E-state index contributed by atoms with van der Waals surface area (Å²) in [6.45, 7) is 0. The number of rotatable bonds is 6. The summed E-state index contributed by atoms with van der Waals surface area (Å²) < 4.78 is 11.6. The third-order valence-corrected chi connectivity index (χ3v) is 4.76. The largest absolute Gasteiger partial charge is 0.479 e. The van der Waals surface area contributed by atoms with Crippen molar-refractivity contribution in [2.45, 2.75) is 38.2 Å². The van der Waals surface area contributed by atoms with Crippen LogP contribution in [0.2, 0.25) is 0 Å². The minimum atomic E-state index is -0.921. The molecule has 0 fully saturated rings. The van der Waals surface area contributed by atoms with Crippen molar-refractivity contribution < 1.29 is 19.1 Å². The molecule has 128 valence electrons. The molecule has 4 heteroatoms. The van der Waals surface area contributed by atoms with Crippen LogP contribution in [0.3, 0.4) is 0 Å². The second kappa shape index (κ2) is 6.63. The number of hydrogen-bond donors (Lipinski definition) is 1. The summed E-state index contributed by atoms with van der Waals surface area (Å²) in [5.74, 6) is -0.359. The molecular formula is C21H20O4. The van der Waals surface area contributed by atoms with Crippen molar-refractivity contribution in [3.8, 4) is 5.75 Å². The Morgan fingerprint density at radius 2 is 2.00 bits per heavy atom. The van der Waals surface area contributed by atoms with E-state index in [1.807, 2.05) is 36.4 Å². The second-order valence-corrected chi connectivity index (χ2v) is 6.49. The number of carbonyl (C=O) groups is 1. The Morgan fingerprint density at radius 1 is 1.16 bits per heavy atom. The number of para-hydroxylation sites is 1. The summed E-state index contributed by atoms with van der Waals surface area (Å²) in [6.07, 6.45) is 6.04. The first kappa shape index (κ1) is 15.8. The molecule has 0 radical (unpaired) electrons. The van der Waals surface area contributed by atoms with Crippen LogP contribution < -0.4 is 4.74 Å². The smallest absolute Gasteiger partial charge is 0.344 e. The fourth-order valence-electron chi connectivity index (χ4n) is 3.46. The Hall–Kier alpha value is -2.75. The Labute approximate surface area is 145 Å². The van der Waals surface area contributed by atoms with Crippen LogP contribution in [0.15, 0.2) is 58.5 Å². The molecule has 0 spiro atoms. The maximum Gasteiger partial charge on any atom is 0.344 e. The minimum absolute atomic E-state index is 0.491. The van der Waals surface area contributed by atoms with Crippen LogP contribution in [-0.2, 0) is 4.79 Å². The average Bonchev–Trinajstić information content (AvgIpc) is 3.25. The van der Waals surface area contributed by atoms with Gasteiger partial charge in [-0.2, -0.15) is 0 Å². The molecule has 2 aromatic carbocycles. The lowest BCUT2D eigenvalue weighted by atomic mass is 10.1. The summed E-state index contributed by atoms with van der Waals surface area (Å²) >= 11 is 0. The molecule has 0 amide bonds. The Kier molecular flexibility index (Phi) is 4.18. The molecule has 4 nitrogen and oxygen atoms in total. The molecule has 1 aliphatic carbocycles. The van der Waals surface area contributed by atoms with E-state index in [-0.39, 0.29) is 0 Å². The first-order chi connectivity index (χ1) is 12.2. The molecule has 1 atom stereocenters. The SMILES string of the molecule is O=C(O)C(CCC1=CCCC1)Oc1ccc2oc3ccccc3c2c1. The zero-order valence-electron chi connectivity index (χ0n) is 13.9. The fraction of sp³-hybridized carbons (Fsp3) is 0.286. The van der Waals surface area contributed by atoms with Gasteiger partial charge in [0.05, 0.1) is 0 Å². The number of hydrogen-bond acceptors (Lipinski definition) is 3. The molecular weight excluding hydrogens is 316 g/mol. The van der Waals surface area contributed by atoms with Crippen molar-refractivity contribution in [2.24, 2.45) is 0 Å². The van der Waals surface area contributed by atoms with Crippen molar-refractivity contribution in [3.05, 3.63) is 54.1 Å². The van der Waals surface area contributed by atoms with E-state index in [2.05, 4.69) is 6.08 Å². The highest BCUT2D eigenvalue weighted by Gasteiger charge is 2.21. The van der Waals surface area contributed by atoms with Crippen LogP contribution in [0, 0.1) is 0 Å². The Morgan fingerprint density at radius 3 is 2.80 bits per heavy atom. The number of carboxylic acids is 1. The fourth-order valence-corrected chi connectivity index (χ4v) is 3.46. The van der Waals surface area contributed by atoms with Gasteiger partial charge in [0.15, 0.2) is 6.10 Å². The van der Waals surface area contributed by atoms with Gasteiger partial charge in [0, 0.05) is 10.8 Å². The molecule has 1 heterocycles. The summed E-state index contributed by atoms with van der Waals surface area (Å²) in [5, 5.41) is 11.4. The number of allylic oxidation sites excluding steroid dienone is 2. The van der Waals surface area contributed by atoms with Crippen molar-refractivity contribution in [1.82, 2.24) is 0 Å². The van der Waals surface area contributed by atoms with Crippen LogP contribution in [-0.4, -0.2) is 17.2 Å². The number of ether oxygens (including phenoxy) is 1. The number of carboxylic acid groups (broad SMARTS) is 1. The normalized spacial score (nSPS) is 15.4. The van der Waals surface area contributed by atoms with Gasteiger partial charge < -0.3 is 14.3 Å². The molecule has 1 unspecified atom stereocenters. The molecule has 25 heavy (non-hydrogen) atoms. The third kappa shape index (κ3) is 3.25. The molecule has 1 aliphatic rings. The van der Waals surface area contributed by atoms with E-state index < -0.39 is 12.1 Å². The summed E-state index contributed by atoms with van der Waals surface area (Å²) in [5.41, 5.74) is 2.94. The number of aliphatic carboxylic acids is 1. The topological polar surface area (TPSA) is 59.7 Å². The van der Waals surface area contributed by atoms with Crippen LogP contribution in [0.5, 0.6) is 5.75 Å². The van der Waals surface area contributed by atoms with Gasteiger partial charge in [-0.15, -0.1) is 0 Å². The summed E-state index contributed by atoms with van der Waals surface area (Å²) in [6, 6.07) is 13.3. The standard InChI is InChI=1S/C21H20O4/c22-21(23)20(11-9-14-5-1-2-6-14)24-15-10-12-19-17(13-15)16-7-3-4-8-18(16)25-19/h3-5,7-8,10,12-13,20H,1-2,6,9,11H2,(H,22,23). The van der Waals surface area contributed by atoms with Crippen LogP contribution in [0.4, 0.5) is 0 Å².